The van der Waals surface area contributed by atoms with Crippen molar-refractivity contribution < 1.29 is 19.2 Å². The number of esters is 1. The quantitative estimate of drug-likeness (QED) is 0.0370. The minimum atomic E-state index is -0.481. The zero-order valence-electron chi connectivity index (χ0n) is 28.7. The normalized spacial score (nSPS) is 16.8. The second-order valence-corrected chi connectivity index (χ2v) is 13.5. The van der Waals surface area contributed by atoms with Gasteiger partial charge in [0.2, 0.25) is 0 Å². The predicted molar refractivity (Wildman–Crippen MR) is 191 cm³/mol. The standard InChI is InChI=1S/C40H54N2O5/c1-4-6-8-10-11-29(3)46-39-28-38(42(44)45)36(27-37(39)41)33-21-23-34(24-22-33)40(43)47-35-25-19-32(20-26-35)18-17-31-15-13-30(14-16-31)12-9-7-5-2/h19-31H,4-18,41H2,1-3H3/t29-,30-,31-/m1/s1. The zero-order valence-corrected chi connectivity index (χ0v) is 28.7. The van der Waals surface area contributed by atoms with Crippen LogP contribution in [0.15, 0.2) is 60.7 Å². The lowest BCUT2D eigenvalue weighted by Gasteiger charge is -2.28. The molecular weight excluding hydrogens is 588 g/mol. The van der Waals surface area contributed by atoms with Gasteiger partial charge in [0.25, 0.3) is 5.69 Å². The molecule has 0 radical (unpaired) electrons. The number of hydrogen-bond acceptors (Lipinski definition) is 6. The van der Waals surface area contributed by atoms with Gasteiger partial charge in [0.05, 0.1) is 33.9 Å². The molecule has 2 N–H and O–H groups in total. The van der Waals surface area contributed by atoms with E-state index in [1.54, 1.807) is 30.3 Å². The van der Waals surface area contributed by atoms with Crippen LogP contribution >= 0.6 is 0 Å². The number of nitrogens with zero attached hydrogens (tertiary/aromatic N) is 1. The van der Waals surface area contributed by atoms with Crippen molar-refractivity contribution in [3.63, 3.8) is 0 Å². The fraction of sp³-hybridized carbons (Fsp3) is 0.525. The van der Waals surface area contributed by atoms with Crippen LogP contribution < -0.4 is 15.2 Å². The number of nitrogens with two attached hydrogens (primary N) is 1. The molecule has 7 nitrogen and oxygen atoms in total. The number of carbonyl (C=O) groups excluding carboxylic acids is 1. The third kappa shape index (κ3) is 11.1. The third-order valence-electron chi connectivity index (χ3n) is 9.71. The van der Waals surface area contributed by atoms with Crippen LogP contribution in [0.1, 0.15) is 127 Å². The number of carbonyl (C=O) groups is 1. The molecule has 254 valence electrons. The van der Waals surface area contributed by atoms with Crippen LogP contribution in [0.5, 0.6) is 11.5 Å². The first-order valence-electron chi connectivity index (χ1n) is 17.9. The molecule has 1 aliphatic rings. The number of nitrogen functional groups attached to an aromatic ring is 1. The van der Waals surface area contributed by atoms with Crippen LogP contribution in [0.4, 0.5) is 11.4 Å². The Balaban J connectivity index is 1.30. The lowest BCUT2D eigenvalue weighted by atomic mass is 9.78. The van der Waals surface area contributed by atoms with E-state index in [9.17, 15) is 14.9 Å². The Kier molecular flexibility index (Phi) is 14.1. The predicted octanol–water partition coefficient (Wildman–Crippen LogP) is 11.1. The molecule has 0 spiro atoms. The van der Waals surface area contributed by atoms with E-state index in [1.165, 1.54) is 75.8 Å². The van der Waals surface area contributed by atoms with E-state index in [-0.39, 0.29) is 11.8 Å². The SMILES string of the molecule is CCCCCC[C@@H](C)Oc1cc([N+](=O)[O-])c(-c2ccc(C(=O)Oc3ccc(CC[C@H]4CC[C@H](CCCCC)CC4)cc3)cc2)cc1N. The Morgan fingerprint density at radius 3 is 2.15 bits per heavy atom. The monoisotopic (exact) mass is 642 g/mol. The molecule has 0 saturated heterocycles. The highest BCUT2D eigenvalue weighted by Crippen LogP contribution is 2.38. The summed E-state index contributed by atoms with van der Waals surface area (Å²) in [6.07, 6.45) is 18.5. The van der Waals surface area contributed by atoms with Crippen LogP contribution in [0.25, 0.3) is 11.1 Å². The lowest BCUT2D eigenvalue weighted by molar-refractivity contribution is -0.384. The molecule has 0 aromatic heterocycles. The van der Waals surface area contributed by atoms with Crippen LogP contribution in [-0.2, 0) is 6.42 Å². The van der Waals surface area contributed by atoms with Gasteiger partial charge in [-0.15, -0.1) is 0 Å². The second kappa shape index (κ2) is 18.5. The van der Waals surface area contributed by atoms with Crippen molar-refractivity contribution in [3.05, 3.63) is 81.9 Å². The Morgan fingerprint density at radius 2 is 1.51 bits per heavy atom. The number of aryl methyl sites for hydroxylation is 1. The molecule has 0 bridgehead atoms. The maximum Gasteiger partial charge on any atom is 0.343 e. The summed E-state index contributed by atoms with van der Waals surface area (Å²) in [4.78, 5) is 24.5. The van der Waals surface area contributed by atoms with E-state index >= 15 is 0 Å². The Morgan fingerprint density at radius 1 is 0.872 bits per heavy atom. The third-order valence-corrected chi connectivity index (χ3v) is 9.71. The minimum Gasteiger partial charge on any atom is -0.488 e. The van der Waals surface area contributed by atoms with Gasteiger partial charge in [0, 0.05) is 0 Å². The summed E-state index contributed by atoms with van der Waals surface area (Å²) < 4.78 is 11.6. The van der Waals surface area contributed by atoms with E-state index in [0.717, 1.165) is 43.9 Å². The van der Waals surface area contributed by atoms with Crippen molar-refractivity contribution in [1.29, 1.82) is 0 Å². The number of hydrogen-bond donors (Lipinski definition) is 1. The van der Waals surface area contributed by atoms with Crippen LogP contribution in [0.2, 0.25) is 0 Å². The Hall–Kier alpha value is -3.87. The summed E-state index contributed by atoms with van der Waals surface area (Å²) in [7, 11) is 0. The first kappa shape index (κ1) is 36.0. The van der Waals surface area contributed by atoms with Crippen molar-refractivity contribution in [2.75, 3.05) is 5.73 Å². The molecule has 0 heterocycles. The molecule has 1 saturated carbocycles. The summed E-state index contributed by atoms with van der Waals surface area (Å²) in [5, 5.41) is 12.0. The lowest BCUT2D eigenvalue weighted by Crippen LogP contribution is -2.15. The van der Waals surface area contributed by atoms with E-state index in [0.29, 0.717) is 33.9 Å². The molecule has 3 aromatic rings. The number of anilines is 1. The minimum absolute atomic E-state index is 0.0992. The topological polar surface area (TPSA) is 105 Å². The highest BCUT2D eigenvalue weighted by molar-refractivity contribution is 5.92. The van der Waals surface area contributed by atoms with Crippen molar-refractivity contribution in [2.45, 2.75) is 123 Å². The molecular formula is C40H54N2O5. The molecule has 0 amide bonds. The summed E-state index contributed by atoms with van der Waals surface area (Å²) in [6.45, 7) is 6.40. The number of nitro benzene ring substituents is 1. The molecule has 0 unspecified atom stereocenters. The largest absolute Gasteiger partial charge is 0.488 e. The van der Waals surface area contributed by atoms with Gasteiger partial charge in [-0.3, -0.25) is 10.1 Å². The highest BCUT2D eigenvalue weighted by Gasteiger charge is 2.22. The first-order chi connectivity index (χ1) is 22.8. The number of nitro groups is 1. The van der Waals surface area contributed by atoms with Crippen LogP contribution in [0, 0.1) is 22.0 Å². The van der Waals surface area contributed by atoms with E-state index in [4.69, 9.17) is 15.2 Å². The smallest absolute Gasteiger partial charge is 0.343 e. The fourth-order valence-electron chi connectivity index (χ4n) is 6.74. The molecule has 3 aromatic carbocycles. The van der Waals surface area contributed by atoms with Crippen molar-refractivity contribution in [1.82, 2.24) is 0 Å². The molecule has 1 aliphatic carbocycles. The van der Waals surface area contributed by atoms with Crippen LogP contribution in [0.3, 0.4) is 0 Å². The molecule has 1 atom stereocenters. The Labute approximate surface area is 281 Å². The van der Waals surface area contributed by atoms with Crippen molar-refractivity contribution >= 4 is 17.3 Å². The van der Waals surface area contributed by atoms with Gasteiger partial charge in [-0.1, -0.05) is 109 Å². The molecule has 47 heavy (non-hydrogen) atoms. The van der Waals surface area contributed by atoms with Gasteiger partial charge in [-0.05, 0) is 85.9 Å². The van der Waals surface area contributed by atoms with E-state index in [1.807, 2.05) is 31.2 Å². The molecule has 4 rings (SSSR count). The highest BCUT2D eigenvalue weighted by atomic mass is 16.6. The van der Waals surface area contributed by atoms with E-state index in [2.05, 4.69) is 13.8 Å². The summed E-state index contributed by atoms with van der Waals surface area (Å²) >= 11 is 0. The van der Waals surface area contributed by atoms with Gasteiger partial charge in [-0.25, -0.2) is 4.79 Å². The Bertz CT molecular complexity index is 1410. The number of ether oxygens (including phenoxy) is 2. The van der Waals surface area contributed by atoms with Gasteiger partial charge in [0.15, 0.2) is 0 Å². The average molecular weight is 643 g/mol. The average Bonchev–Trinajstić information content (AvgIpc) is 3.08. The first-order valence-corrected chi connectivity index (χ1v) is 17.9. The maximum atomic E-state index is 12.9. The number of benzene rings is 3. The van der Waals surface area contributed by atoms with E-state index < -0.39 is 10.9 Å². The number of unbranched alkanes of at least 4 members (excludes halogenated alkanes) is 5. The zero-order chi connectivity index (χ0) is 33.6. The summed E-state index contributed by atoms with van der Waals surface area (Å²) in [5.74, 6) is 2.08. The second-order valence-electron chi connectivity index (χ2n) is 13.5. The molecule has 7 heteroatoms. The van der Waals surface area contributed by atoms with Gasteiger partial charge < -0.3 is 15.2 Å². The fourth-order valence-corrected chi connectivity index (χ4v) is 6.74. The number of rotatable bonds is 18. The summed E-state index contributed by atoms with van der Waals surface area (Å²) in [5.41, 5.74) is 9.09. The maximum absolute atomic E-state index is 12.9. The van der Waals surface area contributed by atoms with Gasteiger partial charge in [-0.2, -0.15) is 0 Å². The van der Waals surface area contributed by atoms with Gasteiger partial charge in [0.1, 0.15) is 11.5 Å². The molecule has 0 aliphatic heterocycles. The van der Waals surface area contributed by atoms with Crippen LogP contribution in [-0.4, -0.2) is 17.0 Å². The van der Waals surface area contributed by atoms with Crippen molar-refractivity contribution in [2.24, 2.45) is 11.8 Å². The summed E-state index contributed by atoms with van der Waals surface area (Å²) in [6, 6.07) is 17.4. The molecule has 1 fully saturated rings. The van der Waals surface area contributed by atoms with Gasteiger partial charge >= 0.3 is 5.97 Å². The van der Waals surface area contributed by atoms with Crippen molar-refractivity contribution in [3.8, 4) is 22.6 Å².